The number of hydrogen-bond acceptors (Lipinski definition) is 4. The van der Waals surface area contributed by atoms with Crippen LogP contribution in [0.3, 0.4) is 0 Å². The summed E-state index contributed by atoms with van der Waals surface area (Å²) >= 11 is 6.15. The SMILES string of the molecule is O=C(NCCc1nnc2n1CCCCC2)c1cc(Cl)cc2cccnc12. The molecule has 1 aliphatic rings. The summed E-state index contributed by atoms with van der Waals surface area (Å²) in [7, 11) is 0. The fourth-order valence-corrected chi connectivity index (χ4v) is 3.67. The molecule has 0 saturated carbocycles. The zero-order valence-corrected chi connectivity index (χ0v) is 15.2. The van der Waals surface area contributed by atoms with Gasteiger partial charge in [0.15, 0.2) is 0 Å². The van der Waals surface area contributed by atoms with Crippen LogP contribution in [0.5, 0.6) is 0 Å². The molecule has 0 fully saturated rings. The average molecular weight is 370 g/mol. The third-order valence-electron chi connectivity index (χ3n) is 4.73. The number of carbonyl (C=O) groups is 1. The van der Waals surface area contributed by atoms with Crippen molar-refractivity contribution in [3.05, 3.63) is 52.7 Å². The van der Waals surface area contributed by atoms with Gasteiger partial charge in [-0.3, -0.25) is 9.78 Å². The molecule has 4 rings (SSSR count). The topological polar surface area (TPSA) is 72.7 Å². The van der Waals surface area contributed by atoms with E-state index in [0.29, 0.717) is 29.1 Å². The van der Waals surface area contributed by atoms with E-state index in [1.807, 2.05) is 18.2 Å². The third-order valence-corrected chi connectivity index (χ3v) is 4.95. The Morgan fingerprint density at radius 3 is 3.08 bits per heavy atom. The van der Waals surface area contributed by atoms with Crippen molar-refractivity contribution in [1.29, 1.82) is 0 Å². The summed E-state index contributed by atoms with van der Waals surface area (Å²) in [5.41, 5.74) is 1.15. The van der Waals surface area contributed by atoms with Crippen LogP contribution >= 0.6 is 11.6 Å². The Kier molecular flexibility index (Phi) is 4.84. The first-order chi connectivity index (χ1) is 12.7. The molecule has 26 heavy (non-hydrogen) atoms. The summed E-state index contributed by atoms with van der Waals surface area (Å²) in [6.45, 7) is 1.46. The highest BCUT2D eigenvalue weighted by atomic mass is 35.5. The van der Waals surface area contributed by atoms with Crippen molar-refractivity contribution in [2.24, 2.45) is 0 Å². The Morgan fingerprint density at radius 1 is 1.23 bits per heavy atom. The monoisotopic (exact) mass is 369 g/mol. The number of fused-ring (bicyclic) bond motifs is 2. The fraction of sp³-hybridized carbons (Fsp3) is 0.368. The second-order valence-electron chi connectivity index (χ2n) is 6.53. The smallest absolute Gasteiger partial charge is 0.253 e. The van der Waals surface area contributed by atoms with Crippen molar-refractivity contribution in [2.45, 2.75) is 38.6 Å². The lowest BCUT2D eigenvalue weighted by molar-refractivity contribution is 0.0955. The summed E-state index contributed by atoms with van der Waals surface area (Å²) in [5.74, 6) is 1.83. The molecule has 0 atom stereocenters. The molecule has 3 heterocycles. The van der Waals surface area contributed by atoms with Gasteiger partial charge >= 0.3 is 0 Å². The summed E-state index contributed by atoms with van der Waals surface area (Å²) < 4.78 is 2.20. The number of benzene rings is 1. The van der Waals surface area contributed by atoms with Crippen molar-refractivity contribution >= 4 is 28.4 Å². The van der Waals surface area contributed by atoms with Crippen LogP contribution in [-0.2, 0) is 19.4 Å². The minimum atomic E-state index is -0.174. The van der Waals surface area contributed by atoms with Gasteiger partial charge in [-0.2, -0.15) is 0 Å². The van der Waals surface area contributed by atoms with Crippen LogP contribution < -0.4 is 5.32 Å². The molecule has 134 valence electrons. The van der Waals surface area contributed by atoms with Gasteiger partial charge in [0.2, 0.25) is 0 Å². The zero-order chi connectivity index (χ0) is 17.9. The second kappa shape index (κ2) is 7.41. The van der Waals surface area contributed by atoms with Crippen LogP contribution in [0.1, 0.15) is 41.3 Å². The summed E-state index contributed by atoms with van der Waals surface area (Å²) in [4.78, 5) is 17.0. The van der Waals surface area contributed by atoms with E-state index in [1.165, 1.54) is 12.8 Å². The molecule has 7 heteroatoms. The van der Waals surface area contributed by atoms with Gasteiger partial charge in [-0.05, 0) is 31.0 Å². The van der Waals surface area contributed by atoms with E-state index < -0.39 is 0 Å². The lowest BCUT2D eigenvalue weighted by atomic mass is 10.1. The van der Waals surface area contributed by atoms with Gasteiger partial charge in [0.05, 0.1) is 11.1 Å². The van der Waals surface area contributed by atoms with Gasteiger partial charge in [0, 0.05) is 42.5 Å². The molecule has 0 aliphatic carbocycles. The van der Waals surface area contributed by atoms with E-state index in [4.69, 9.17) is 11.6 Å². The van der Waals surface area contributed by atoms with Gasteiger partial charge < -0.3 is 9.88 Å². The average Bonchev–Trinajstić information content (AvgIpc) is 2.87. The Balaban J connectivity index is 1.46. The van der Waals surface area contributed by atoms with Gasteiger partial charge in [0.1, 0.15) is 11.6 Å². The highest BCUT2D eigenvalue weighted by molar-refractivity contribution is 6.32. The molecule has 3 aromatic rings. The van der Waals surface area contributed by atoms with Crippen LogP contribution in [-0.4, -0.2) is 32.2 Å². The number of nitrogens with one attached hydrogen (secondary N) is 1. The summed E-state index contributed by atoms with van der Waals surface area (Å²) in [5, 5.41) is 12.9. The number of rotatable bonds is 4. The first-order valence-corrected chi connectivity index (χ1v) is 9.33. The highest BCUT2D eigenvalue weighted by Crippen LogP contribution is 2.22. The standard InChI is InChI=1S/C19H20ClN5O/c20-14-11-13-5-4-8-21-18(13)15(12-14)19(26)22-9-7-17-24-23-16-6-2-1-3-10-25(16)17/h4-5,8,11-12H,1-3,6-7,9-10H2,(H,22,26). The number of aryl methyl sites for hydroxylation is 1. The maximum absolute atomic E-state index is 12.6. The van der Waals surface area contributed by atoms with Crippen molar-refractivity contribution < 1.29 is 4.79 Å². The molecular weight excluding hydrogens is 350 g/mol. The molecule has 0 unspecified atom stereocenters. The van der Waals surface area contributed by atoms with Crippen LogP contribution in [0, 0.1) is 0 Å². The number of halogens is 1. The number of pyridine rings is 1. The number of nitrogens with zero attached hydrogens (tertiary/aromatic N) is 4. The molecule has 1 N–H and O–H groups in total. The Bertz CT molecular complexity index is 952. The van der Waals surface area contributed by atoms with E-state index in [-0.39, 0.29) is 5.91 Å². The van der Waals surface area contributed by atoms with Gasteiger partial charge in [-0.1, -0.05) is 24.1 Å². The minimum absolute atomic E-state index is 0.174. The fourth-order valence-electron chi connectivity index (χ4n) is 3.44. The summed E-state index contributed by atoms with van der Waals surface area (Å²) in [6, 6.07) is 7.20. The van der Waals surface area contributed by atoms with Crippen molar-refractivity contribution in [3.8, 4) is 0 Å². The predicted octanol–water partition coefficient (Wildman–Crippen LogP) is 3.18. The van der Waals surface area contributed by atoms with Crippen molar-refractivity contribution in [3.63, 3.8) is 0 Å². The van der Waals surface area contributed by atoms with Gasteiger partial charge in [-0.15, -0.1) is 10.2 Å². The number of hydrogen-bond donors (Lipinski definition) is 1. The lowest BCUT2D eigenvalue weighted by Crippen LogP contribution is -2.27. The molecule has 1 aromatic carbocycles. The molecular formula is C19H20ClN5O. The quantitative estimate of drug-likeness (QED) is 0.766. The molecule has 1 aliphatic heterocycles. The predicted molar refractivity (Wildman–Crippen MR) is 100 cm³/mol. The van der Waals surface area contributed by atoms with Gasteiger partial charge in [0.25, 0.3) is 5.91 Å². The van der Waals surface area contributed by atoms with Crippen LogP contribution in [0.15, 0.2) is 30.5 Å². The molecule has 1 amide bonds. The molecule has 0 spiro atoms. The molecule has 0 saturated heterocycles. The van der Waals surface area contributed by atoms with Crippen LogP contribution in [0.25, 0.3) is 10.9 Å². The van der Waals surface area contributed by atoms with E-state index in [1.54, 1.807) is 12.3 Å². The van der Waals surface area contributed by atoms with Crippen LogP contribution in [0.4, 0.5) is 0 Å². The molecule has 0 bridgehead atoms. The lowest BCUT2D eigenvalue weighted by Gasteiger charge is -2.09. The van der Waals surface area contributed by atoms with E-state index in [9.17, 15) is 4.79 Å². The maximum Gasteiger partial charge on any atom is 0.253 e. The number of aromatic nitrogens is 4. The molecule has 6 nitrogen and oxygen atoms in total. The van der Waals surface area contributed by atoms with Crippen molar-refractivity contribution in [1.82, 2.24) is 25.1 Å². The Morgan fingerprint density at radius 2 is 2.15 bits per heavy atom. The Labute approximate surface area is 156 Å². The van der Waals surface area contributed by atoms with E-state index >= 15 is 0 Å². The first-order valence-electron chi connectivity index (χ1n) is 8.96. The highest BCUT2D eigenvalue weighted by Gasteiger charge is 2.16. The van der Waals surface area contributed by atoms with Crippen molar-refractivity contribution in [2.75, 3.05) is 6.54 Å². The largest absolute Gasteiger partial charge is 0.352 e. The van der Waals surface area contributed by atoms with E-state index in [0.717, 1.165) is 36.4 Å². The Hall–Kier alpha value is -2.47. The number of carbonyl (C=O) groups excluding carboxylic acids is 1. The van der Waals surface area contributed by atoms with Gasteiger partial charge in [-0.25, -0.2) is 0 Å². The van der Waals surface area contributed by atoms with E-state index in [2.05, 4.69) is 25.1 Å². The normalized spacial score (nSPS) is 14.0. The molecule has 2 aromatic heterocycles. The zero-order valence-electron chi connectivity index (χ0n) is 14.4. The molecule has 0 radical (unpaired) electrons. The summed E-state index contributed by atoms with van der Waals surface area (Å²) in [6.07, 6.45) is 6.88. The first kappa shape index (κ1) is 17.0. The third kappa shape index (κ3) is 3.42. The minimum Gasteiger partial charge on any atom is -0.352 e. The second-order valence-corrected chi connectivity index (χ2v) is 6.97. The maximum atomic E-state index is 12.6. The number of amides is 1. The van der Waals surface area contributed by atoms with Crippen LogP contribution in [0.2, 0.25) is 5.02 Å².